The molecule has 3 rings (SSSR count). The van der Waals surface area contributed by atoms with Crippen LogP contribution in [0.1, 0.15) is 11.7 Å². The van der Waals surface area contributed by atoms with Gasteiger partial charge in [-0.15, -0.1) is 0 Å². The Hall–Kier alpha value is -3.22. The number of benzene rings is 2. The fourth-order valence-corrected chi connectivity index (χ4v) is 2.59. The number of nitrogens with zero attached hydrogens (tertiary/aromatic N) is 3. The molecule has 24 heavy (non-hydrogen) atoms. The standard InChI is InChI=1S/C17H19N5O2/c1-23-12-9-7-11(8-10-12)15-20-16(18)21-17(19)22(15)13-5-3-4-6-14(13)24-2/h3-10,15H,1-2H3,(H4,18,19,20,21)/t15-/m0/s1. The normalized spacial score (nSPS) is 17.1. The minimum Gasteiger partial charge on any atom is -0.497 e. The van der Waals surface area contributed by atoms with Gasteiger partial charge in [-0.05, 0) is 29.8 Å². The molecule has 0 spiro atoms. The molecule has 2 aromatic rings. The van der Waals surface area contributed by atoms with E-state index in [0.717, 1.165) is 17.0 Å². The molecule has 1 heterocycles. The summed E-state index contributed by atoms with van der Waals surface area (Å²) in [6, 6.07) is 15.1. The van der Waals surface area contributed by atoms with E-state index in [1.54, 1.807) is 19.1 Å². The molecule has 1 aliphatic rings. The zero-order valence-electron chi connectivity index (χ0n) is 13.5. The van der Waals surface area contributed by atoms with Crippen molar-refractivity contribution in [3.05, 3.63) is 54.1 Å². The van der Waals surface area contributed by atoms with E-state index in [-0.39, 0.29) is 11.9 Å². The van der Waals surface area contributed by atoms with Gasteiger partial charge in [0.2, 0.25) is 11.9 Å². The van der Waals surface area contributed by atoms with Crippen molar-refractivity contribution in [2.75, 3.05) is 19.1 Å². The van der Waals surface area contributed by atoms with E-state index in [1.165, 1.54) is 0 Å². The topological polar surface area (TPSA) is 98.5 Å². The summed E-state index contributed by atoms with van der Waals surface area (Å²) in [4.78, 5) is 10.3. The highest BCUT2D eigenvalue weighted by molar-refractivity contribution is 6.05. The van der Waals surface area contributed by atoms with Crippen molar-refractivity contribution < 1.29 is 9.47 Å². The van der Waals surface area contributed by atoms with Crippen LogP contribution in [0.25, 0.3) is 0 Å². The number of hydrogen-bond acceptors (Lipinski definition) is 7. The third-order valence-electron chi connectivity index (χ3n) is 3.73. The van der Waals surface area contributed by atoms with Gasteiger partial charge in [0.15, 0.2) is 6.17 Å². The molecule has 0 radical (unpaired) electrons. The molecular formula is C17H19N5O2. The SMILES string of the molecule is COc1ccc([C@H]2N=C(N)N=C(N)N2c2ccccc2OC)cc1. The number of aliphatic imine (C=N–C) groups is 2. The molecule has 7 nitrogen and oxygen atoms in total. The second kappa shape index (κ2) is 6.49. The van der Waals surface area contributed by atoms with Crippen LogP contribution in [0, 0.1) is 0 Å². The van der Waals surface area contributed by atoms with Crippen molar-refractivity contribution >= 4 is 17.6 Å². The first-order chi connectivity index (χ1) is 11.6. The Balaban J connectivity index is 2.08. The Labute approximate surface area is 140 Å². The summed E-state index contributed by atoms with van der Waals surface area (Å²) in [6.45, 7) is 0. The van der Waals surface area contributed by atoms with Crippen LogP contribution in [0.3, 0.4) is 0 Å². The Morgan fingerprint density at radius 2 is 1.67 bits per heavy atom. The maximum atomic E-state index is 6.14. The van der Waals surface area contributed by atoms with E-state index < -0.39 is 6.17 Å². The quantitative estimate of drug-likeness (QED) is 0.894. The van der Waals surface area contributed by atoms with Crippen molar-refractivity contribution in [2.24, 2.45) is 21.5 Å². The van der Waals surface area contributed by atoms with Crippen molar-refractivity contribution in [3.8, 4) is 11.5 Å². The summed E-state index contributed by atoms with van der Waals surface area (Å²) < 4.78 is 10.6. The van der Waals surface area contributed by atoms with Crippen LogP contribution in [0.2, 0.25) is 0 Å². The van der Waals surface area contributed by atoms with Gasteiger partial charge < -0.3 is 20.9 Å². The molecule has 0 saturated heterocycles. The van der Waals surface area contributed by atoms with Crippen LogP contribution >= 0.6 is 0 Å². The molecule has 0 saturated carbocycles. The number of nitrogens with two attached hydrogens (primary N) is 2. The van der Waals surface area contributed by atoms with E-state index in [0.29, 0.717) is 5.75 Å². The zero-order chi connectivity index (χ0) is 17.1. The van der Waals surface area contributed by atoms with Gasteiger partial charge in [-0.1, -0.05) is 24.3 Å². The fraction of sp³-hybridized carbons (Fsp3) is 0.176. The number of hydrogen-bond donors (Lipinski definition) is 2. The highest BCUT2D eigenvalue weighted by atomic mass is 16.5. The number of methoxy groups -OCH3 is 2. The lowest BCUT2D eigenvalue weighted by Gasteiger charge is -2.33. The molecule has 1 aliphatic heterocycles. The molecular weight excluding hydrogens is 306 g/mol. The number of para-hydroxylation sites is 2. The van der Waals surface area contributed by atoms with E-state index in [1.807, 2.05) is 48.5 Å². The molecule has 2 aromatic carbocycles. The van der Waals surface area contributed by atoms with Crippen LogP contribution in [0.4, 0.5) is 5.69 Å². The van der Waals surface area contributed by atoms with E-state index in [2.05, 4.69) is 9.98 Å². The van der Waals surface area contributed by atoms with Gasteiger partial charge in [-0.3, -0.25) is 4.90 Å². The smallest absolute Gasteiger partial charge is 0.221 e. The zero-order valence-corrected chi connectivity index (χ0v) is 13.5. The molecule has 0 bridgehead atoms. The van der Waals surface area contributed by atoms with Crippen molar-refractivity contribution in [3.63, 3.8) is 0 Å². The van der Waals surface area contributed by atoms with Gasteiger partial charge in [0, 0.05) is 0 Å². The Kier molecular flexibility index (Phi) is 4.24. The van der Waals surface area contributed by atoms with Gasteiger partial charge in [0.05, 0.1) is 19.9 Å². The third-order valence-corrected chi connectivity index (χ3v) is 3.73. The number of rotatable bonds is 4. The maximum absolute atomic E-state index is 6.14. The monoisotopic (exact) mass is 325 g/mol. The molecule has 0 aromatic heterocycles. The second-order valence-electron chi connectivity index (χ2n) is 5.15. The summed E-state index contributed by atoms with van der Waals surface area (Å²) in [5, 5.41) is 0. The Morgan fingerprint density at radius 1 is 0.958 bits per heavy atom. The first kappa shape index (κ1) is 15.7. The molecule has 1 atom stereocenters. The molecule has 0 amide bonds. The summed E-state index contributed by atoms with van der Waals surface area (Å²) in [6.07, 6.45) is -0.440. The number of anilines is 1. The van der Waals surface area contributed by atoms with Crippen LogP contribution in [-0.4, -0.2) is 26.1 Å². The summed E-state index contributed by atoms with van der Waals surface area (Å²) >= 11 is 0. The molecule has 7 heteroatoms. The van der Waals surface area contributed by atoms with E-state index in [4.69, 9.17) is 20.9 Å². The fourth-order valence-electron chi connectivity index (χ4n) is 2.59. The van der Waals surface area contributed by atoms with Gasteiger partial charge in [0.25, 0.3) is 0 Å². The van der Waals surface area contributed by atoms with Crippen LogP contribution in [0.15, 0.2) is 58.5 Å². The predicted octanol–water partition coefficient (Wildman–Crippen LogP) is 1.85. The molecule has 124 valence electrons. The van der Waals surface area contributed by atoms with Crippen molar-refractivity contribution in [2.45, 2.75) is 6.17 Å². The molecule has 0 aliphatic carbocycles. The lowest BCUT2D eigenvalue weighted by atomic mass is 10.1. The van der Waals surface area contributed by atoms with Crippen LogP contribution in [0.5, 0.6) is 11.5 Å². The van der Waals surface area contributed by atoms with Crippen LogP contribution in [-0.2, 0) is 0 Å². The average Bonchev–Trinajstić information content (AvgIpc) is 2.61. The van der Waals surface area contributed by atoms with Gasteiger partial charge in [-0.2, -0.15) is 4.99 Å². The maximum Gasteiger partial charge on any atom is 0.221 e. The van der Waals surface area contributed by atoms with E-state index >= 15 is 0 Å². The molecule has 0 unspecified atom stereocenters. The van der Waals surface area contributed by atoms with Crippen LogP contribution < -0.4 is 25.8 Å². The lowest BCUT2D eigenvalue weighted by Crippen LogP contribution is -2.44. The summed E-state index contributed by atoms with van der Waals surface area (Å²) in [5.74, 6) is 1.83. The van der Waals surface area contributed by atoms with Gasteiger partial charge >= 0.3 is 0 Å². The largest absolute Gasteiger partial charge is 0.497 e. The molecule has 4 N–H and O–H groups in total. The van der Waals surface area contributed by atoms with Crippen molar-refractivity contribution in [1.29, 1.82) is 0 Å². The molecule has 0 fully saturated rings. The minimum atomic E-state index is -0.440. The highest BCUT2D eigenvalue weighted by Crippen LogP contribution is 2.36. The van der Waals surface area contributed by atoms with Gasteiger partial charge in [0.1, 0.15) is 11.5 Å². The number of ether oxygens (including phenoxy) is 2. The highest BCUT2D eigenvalue weighted by Gasteiger charge is 2.29. The van der Waals surface area contributed by atoms with Gasteiger partial charge in [-0.25, -0.2) is 4.99 Å². The van der Waals surface area contributed by atoms with E-state index in [9.17, 15) is 0 Å². The Bertz CT molecular complexity index is 786. The predicted molar refractivity (Wildman–Crippen MR) is 94.5 cm³/mol. The van der Waals surface area contributed by atoms with Crippen molar-refractivity contribution in [1.82, 2.24) is 0 Å². The first-order valence-corrected chi connectivity index (χ1v) is 7.37. The minimum absolute atomic E-state index is 0.138. The average molecular weight is 325 g/mol. The Morgan fingerprint density at radius 3 is 2.33 bits per heavy atom. The third kappa shape index (κ3) is 2.83. The summed E-state index contributed by atoms with van der Waals surface area (Å²) in [7, 11) is 3.23. The second-order valence-corrected chi connectivity index (χ2v) is 5.15. The first-order valence-electron chi connectivity index (χ1n) is 7.37. The summed E-state index contributed by atoms with van der Waals surface area (Å²) in [5.41, 5.74) is 13.6. The lowest BCUT2D eigenvalue weighted by molar-refractivity contribution is 0.413. The number of guanidine groups is 2.